The summed E-state index contributed by atoms with van der Waals surface area (Å²) >= 11 is 0. The monoisotopic (exact) mass is 339 g/mol. The molecule has 1 saturated carbocycles. The SMILES string of the molecule is COc1ccc([C@@H]2C[C@H]2C(=O)N2CCC[C@H](n3cc(C)cn3)C2)cc1. The molecule has 25 heavy (non-hydrogen) atoms. The van der Waals surface area contributed by atoms with Crippen molar-refractivity contribution in [2.24, 2.45) is 5.92 Å². The zero-order valence-electron chi connectivity index (χ0n) is 14.9. The molecule has 2 heterocycles. The van der Waals surface area contributed by atoms with Gasteiger partial charge in [0.05, 0.1) is 19.3 Å². The smallest absolute Gasteiger partial charge is 0.226 e. The van der Waals surface area contributed by atoms with E-state index < -0.39 is 0 Å². The van der Waals surface area contributed by atoms with Gasteiger partial charge < -0.3 is 9.64 Å². The number of methoxy groups -OCH3 is 1. The van der Waals surface area contributed by atoms with Crippen molar-refractivity contribution in [3.05, 3.63) is 47.8 Å². The number of hydrogen-bond acceptors (Lipinski definition) is 3. The first-order valence-electron chi connectivity index (χ1n) is 9.09. The van der Waals surface area contributed by atoms with Crippen molar-refractivity contribution in [2.75, 3.05) is 20.2 Å². The normalized spacial score (nSPS) is 25.7. The summed E-state index contributed by atoms with van der Waals surface area (Å²) in [5.74, 6) is 1.69. The molecule has 1 amide bonds. The second-order valence-electron chi connectivity index (χ2n) is 7.30. The van der Waals surface area contributed by atoms with Crippen LogP contribution in [0.5, 0.6) is 5.75 Å². The van der Waals surface area contributed by atoms with E-state index in [9.17, 15) is 4.79 Å². The maximum absolute atomic E-state index is 12.9. The molecule has 5 heteroatoms. The number of carbonyl (C=O) groups excluding carboxylic acids is 1. The third kappa shape index (κ3) is 3.28. The van der Waals surface area contributed by atoms with Gasteiger partial charge in [0.2, 0.25) is 5.91 Å². The van der Waals surface area contributed by atoms with Crippen LogP contribution in [0.4, 0.5) is 0 Å². The molecule has 2 aromatic rings. The summed E-state index contributed by atoms with van der Waals surface area (Å²) in [7, 11) is 1.67. The number of aromatic nitrogens is 2. The molecule has 0 bridgehead atoms. The Bertz CT molecular complexity index is 753. The summed E-state index contributed by atoms with van der Waals surface area (Å²) in [6, 6.07) is 8.44. The Morgan fingerprint density at radius 2 is 2.08 bits per heavy atom. The van der Waals surface area contributed by atoms with Crippen molar-refractivity contribution < 1.29 is 9.53 Å². The number of benzene rings is 1. The Morgan fingerprint density at radius 1 is 1.28 bits per heavy atom. The van der Waals surface area contributed by atoms with Gasteiger partial charge in [0.1, 0.15) is 5.75 Å². The maximum Gasteiger partial charge on any atom is 0.226 e. The average Bonchev–Trinajstić information content (AvgIpc) is 3.34. The second-order valence-corrected chi connectivity index (χ2v) is 7.30. The van der Waals surface area contributed by atoms with E-state index in [1.54, 1.807) is 7.11 Å². The van der Waals surface area contributed by atoms with Crippen molar-refractivity contribution in [3.8, 4) is 5.75 Å². The van der Waals surface area contributed by atoms with E-state index in [2.05, 4.69) is 35.3 Å². The average molecular weight is 339 g/mol. The predicted octanol–water partition coefficient (Wildman–Crippen LogP) is 3.17. The molecule has 4 rings (SSSR count). The van der Waals surface area contributed by atoms with Crippen LogP contribution < -0.4 is 4.74 Å². The standard InChI is InChI=1S/C20H25N3O2/c1-14-11-21-23(12-14)16-4-3-9-22(13-16)20(24)19-10-18(19)15-5-7-17(25-2)8-6-15/h5-8,11-12,16,18-19H,3-4,9-10,13H2,1-2H3/t16-,18-,19+/m0/s1. The number of amides is 1. The Hall–Kier alpha value is -2.30. The minimum absolute atomic E-state index is 0.145. The summed E-state index contributed by atoms with van der Waals surface area (Å²) < 4.78 is 7.24. The quantitative estimate of drug-likeness (QED) is 0.859. The molecule has 3 atom stereocenters. The Balaban J connectivity index is 1.39. The van der Waals surface area contributed by atoms with Gasteiger partial charge in [0.15, 0.2) is 0 Å². The van der Waals surface area contributed by atoms with Crippen molar-refractivity contribution in [2.45, 2.75) is 38.1 Å². The summed E-state index contributed by atoms with van der Waals surface area (Å²) in [6.45, 7) is 3.71. The molecular formula is C20H25N3O2. The number of nitrogens with zero attached hydrogens (tertiary/aromatic N) is 3. The van der Waals surface area contributed by atoms with Gasteiger partial charge in [-0.3, -0.25) is 9.48 Å². The van der Waals surface area contributed by atoms with Crippen LogP contribution in [0, 0.1) is 12.8 Å². The molecule has 5 nitrogen and oxygen atoms in total. The molecule has 0 radical (unpaired) electrons. The highest BCUT2D eigenvalue weighted by atomic mass is 16.5. The highest BCUT2D eigenvalue weighted by Crippen LogP contribution is 2.49. The lowest BCUT2D eigenvalue weighted by molar-refractivity contribution is -0.134. The zero-order chi connectivity index (χ0) is 17.4. The van der Waals surface area contributed by atoms with E-state index in [1.165, 1.54) is 11.1 Å². The van der Waals surface area contributed by atoms with Gasteiger partial charge in [0.25, 0.3) is 0 Å². The van der Waals surface area contributed by atoms with Crippen molar-refractivity contribution in [3.63, 3.8) is 0 Å². The van der Waals surface area contributed by atoms with E-state index in [0.29, 0.717) is 17.9 Å². The molecule has 1 saturated heterocycles. The topological polar surface area (TPSA) is 47.4 Å². The van der Waals surface area contributed by atoms with Gasteiger partial charge in [-0.25, -0.2) is 0 Å². The number of likely N-dealkylation sites (tertiary alicyclic amines) is 1. The van der Waals surface area contributed by atoms with E-state index in [1.807, 2.05) is 23.0 Å². The van der Waals surface area contributed by atoms with Crippen LogP contribution in [0.1, 0.15) is 42.3 Å². The maximum atomic E-state index is 12.9. The van der Waals surface area contributed by atoms with E-state index in [0.717, 1.165) is 38.1 Å². The fraction of sp³-hybridized carbons (Fsp3) is 0.500. The number of ether oxygens (including phenoxy) is 1. The van der Waals surface area contributed by atoms with Crippen LogP contribution in [0.3, 0.4) is 0 Å². The number of aryl methyl sites for hydroxylation is 1. The molecular weight excluding hydrogens is 314 g/mol. The number of hydrogen-bond donors (Lipinski definition) is 0. The predicted molar refractivity (Wildman–Crippen MR) is 95.7 cm³/mol. The molecule has 1 aliphatic heterocycles. The molecule has 0 spiro atoms. The minimum atomic E-state index is 0.145. The first-order valence-corrected chi connectivity index (χ1v) is 9.09. The lowest BCUT2D eigenvalue weighted by Crippen LogP contribution is -2.41. The van der Waals surface area contributed by atoms with Gasteiger partial charge in [-0.15, -0.1) is 0 Å². The zero-order valence-corrected chi connectivity index (χ0v) is 14.9. The van der Waals surface area contributed by atoms with Crippen molar-refractivity contribution >= 4 is 5.91 Å². The third-order valence-corrected chi connectivity index (χ3v) is 5.46. The van der Waals surface area contributed by atoms with Crippen LogP contribution in [-0.2, 0) is 4.79 Å². The third-order valence-electron chi connectivity index (χ3n) is 5.46. The van der Waals surface area contributed by atoms with Crippen molar-refractivity contribution in [1.29, 1.82) is 0 Å². The van der Waals surface area contributed by atoms with E-state index >= 15 is 0 Å². The Morgan fingerprint density at radius 3 is 2.76 bits per heavy atom. The van der Waals surface area contributed by atoms with Gasteiger partial charge >= 0.3 is 0 Å². The largest absolute Gasteiger partial charge is 0.497 e. The summed E-state index contributed by atoms with van der Waals surface area (Å²) in [4.78, 5) is 15.0. The number of carbonyl (C=O) groups is 1. The van der Waals surface area contributed by atoms with E-state index in [4.69, 9.17) is 4.74 Å². The first kappa shape index (κ1) is 16.2. The molecule has 0 N–H and O–H groups in total. The van der Waals surface area contributed by atoms with Gasteiger partial charge in [-0.2, -0.15) is 5.10 Å². The van der Waals surface area contributed by atoms with Crippen LogP contribution in [0.25, 0.3) is 0 Å². The fourth-order valence-electron chi connectivity index (χ4n) is 3.93. The number of rotatable bonds is 4. The summed E-state index contributed by atoms with van der Waals surface area (Å²) in [5, 5.41) is 4.44. The second kappa shape index (κ2) is 6.54. The molecule has 2 aliphatic rings. The molecule has 1 aromatic carbocycles. The van der Waals surface area contributed by atoms with E-state index in [-0.39, 0.29) is 5.92 Å². The first-order chi connectivity index (χ1) is 12.2. The molecule has 1 aliphatic carbocycles. The van der Waals surface area contributed by atoms with Gasteiger partial charge in [-0.05, 0) is 55.4 Å². The van der Waals surface area contributed by atoms with Crippen LogP contribution >= 0.6 is 0 Å². The Labute approximate surface area is 148 Å². The van der Waals surface area contributed by atoms with Crippen LogP contribution in [0.2, 0.25) is 0 Å². The molecule has 132 valence electrons. The molecule has 2 fully saturated rings. The summed E-state index contributed by atoms with van der Waals surface area (Å²) in [5.41, 5.74) is 2.42. The lowest BCUT2D eigenvalue weighted by Gasteiger charge is -2.33. The van der Waals surface area contributed by atoms with Crippen LogP contribution in [-0.4, -0.2) is 40.8 Å². The fourth-order valence-corrected chi connectivity index (χ4v) is 3.93. The molecule has 0 unspecified atom stereocenters. The highest BCUT2D eigenvalue weighted by molar-refractivity contribution is 5.83. The minimum Gasteiger partial charge on any atom is -0.497 e. The Kier molecular flexibility index (Phi) is 4.24. The van der Waals surface area contributed by atoms with Gasteiger partial charge in [0, 0.05) is 25.2 Å². The molecule has 1 aromatic heterocycles. The summed E-state index contributed by atoms with van der Waals surface area (Å²) in [6.07, 6.45) is 7.08. The number of piperidine rings is 1. The highest BCUT2D eigenvalue weighted by Gasteiger charge is 2.46. The van der Waals surface area contributed by atoms with Crippen LogP contribution in [0.15, 0.2) is 36.7 Å². The van der Waals surface area contributed by atoms with Gasteiger partial charge in [-0.1, -0.05) is 12.1 Å². The lowest BCUT2D eigenvalue weighted by atomic mass is 10.0. The van der Waals surface area contributed by atoms with Crippen molar-refractivity contribution in [1.82, 2.24) is 14.7 Å².